The number of aromatic amines is 1. The van der Waals surface area contributed by atoms with Gasteiger partial charge in [-0.05, 0) is 113 Å². The van der Waals surface area contributed by atoms with Crippen molar-refractivity contribution in [3.63, 3.8) is 0 Å². The van der Waals surface area contributed by atoms with Gasteiger partial charge in [0.15, 0.2) is 11.9 Å². The molecule has 0 bridgehead atoms. The molecular formula is C70H111N21O16. The number of nitrogens with one attached hydrogen (secondary N) is 13. The van der Waals surface area contributed by atoms with Gasteiger partial charge in [-0.1, -0.05) is 96.5 Å². The number of guanidine groups is 2. The predicted molar refractivity (Wildman–Crippen MR) is 398 cm³/mol. The first-order valence-corrected chi connectivity index (χ1v) is 35.7. The molecule has 0 aliphatic rings. The molecule has 2 aromatic carbocycles. The number of carboxylic acid groups (broad SMARTS) is 2. The molecule has 1 heterocycles. The monoisotopic (exact) mass is 1500 g/mol. The summed E-state index contributed by atoms with van der Waals surface area (Å²) >= 11 is 0. The van der Waals surface area contributed by atoms with E-state index in [-0.39, 0.29) is 88.8 Å². The average molecular weight is 1500 g/mol. The minimum absolute atomic E-state index is 0.00668. The highest BCUT2D eigenvalue weighted by Crippen LogP contribution is 2.21. The first kappa shape index (κ1) is 90.2. The first-order valence-electron chi connectivity index (χ1n) is 35.7. The van der Waals surface area contributed by atoms with E-state index in [1.807, 2.05) is 0 Å². The van der Waals surface area contributed by atoms with Gasteiger partial charge in [0, 0.05) is 49.5 Å². The Hall–Kier alpha value is -11.0. The van der Waals surface area contributed by atoms with Crippen LogP contribution in [0.5, 0.6) is 0 Å². The predicted octanol–water partition coefficient (Wildman–Crippen LogP) is -3.67. The number of aromatic nitrogens is 1. The molecule has 0 aliphatic carbocycles. The quantitative estimate of drug-likeness (QED) is 0.0147. The van der Waals surface area contributed by atoms with Crippen LogP contribution in [0, 0.1) is 17.8 Å². The van der Waals surface area contributed by atoms with Gasteiger partial charge in [-0.2, -0.15) is 0 Å². The number of amides is 12. The maximum Gasteiger partial charge on any atom is 0.322 e. The molecule has 3 aromatic rings. The largest absolute Gasteiger partial charge is 0.481 e. The number of carbonyl (C=O) groups is 14. The lowest BCUT2D eigenvalue weighted by Gasteiger charge is -2.30. The van der Waals surface area contributed by atoms with Crippen LogP contribution in [0.25, 0.3) is 10.9 Å². The van der Waals surface area contributed by atoms with Crippen molar-refractivity contribution >= 4 is 106 Å². The van der Waals surface area contributed by atoms with E-state index in [9.17, 15) is 72.2 Å². The van der Waals surface area contributed by atoms with Crippen molar-refractivity contribution in [2.24, 2.45) is 62.1 Å². The highest BCUT2D eigenvalue weighted by molar-refractivity contribution is 6.00. The molecule has 0 radical (unpaired) electrons. The lowest BCUT2D eigenvalue weighted by Crippen LogP contribution is -2.61. The minimum Gasteiger partial charge on any atom is -0.481 e. The van der Waals surface area contributed by atoms with E-state index in [1.165, 1.54) is 13.8 Å². The highest BCUT2D eigenvalue weighted by atomic mass is 16.4. The van der Waals surface area contributed by atoms with Crippen molar-refractivity contribution in [3.05, 3.63) is 71.9 Å². The number of hydrogen-bond acceptors (Lipinski definition) is 18. The third kappa shape index (κ3) is 33.3. The van der Waals surface area contributed by atoms with Gasteiger partial charge in [-0.15, -0.1) is 0 Å². The summed E-state index contributed by atoms with van der Waals surface area (Å²) < 4.78 is 0. The summed E-state index contributed by atoms with van der Waals surface area (Å²) in [6, 6.07) is 0.707. The normalized spacial score (nSPS) is 14.5. The Morgan fingerprint density at radius 1 is 0.467 bits per heavy atom. The van der Waals surface area contributed by atoms with Crippen LogP contribution in [0.2, 0.25) is 0 Å². The average Bonchev–Trinajstić information content (AvgIpc) is 1.72. The molecule has 592 valence electrons. The molecule has 0 saturated heterocycles. The van der Waals surface area contributed by atoms with Crippen LogP contribution in [0.1, 0.15) is 137 Å². The fourth-order valence-electron chi connectivity index (χ4n) is 10.9. The minimum atomic E-state index is -1.55. The van der Waals surface area contributed by atoms with Crippen molar-refractivity contribution in [3.8, 4) is 0 Å². The molecule has 0 fully saturated rings. The van der Waals surface area contributed by atoms with Crippen LogP contribution >= 0.6 is 0 Å². The summed E-state index contributed by atoms with van der Waals surface area (Å²) in [5.74, 6) is -14.9. The van der Waals surface area contributed by atoms with Crippen LogP contribution < -0.4 is 98.2 Å². The number of benzene rings is 2. The third-order valence-corrected chi connectivity index (χ3v) is 17.1. The Labute approximate surface area is 621 Å². The molecule has 37 heteroatoms. The van der Waals surface area contributed by atoms with E-state index in [2.05, 4.69) is 78.8 Å². The summed E-state index contributed by atoms with van der Waals surface area (Å²) in [7, 11) is 0. The number of fused-ring (bicyclic) bond motifs is 1. The van der Waals surface area contributed by atoms with Crippen LogP contribution in [0.3, 0.4) is 0 Å². The molecule has 0 saturated carbocycles. The van der Waals surface area contributed by atoms with Crippen molar-refractivity contribution in [2.75, 3.05) is 32.7 Å². The highest BCUT2D eigenvalue weighted by Gasteiger charge is 2.38. The summed E-state index contributed by atoms with van der Waals surface area (Å²) in [5, 5.41) is 50.5. The molecule has 12 amide bonds. The lowest BCUT2D eigenvalue weighted by molar-refractivity contribution is -0.139. The fraction of sp³-hybridized carbons (Fsp3) is 0.571. The number of hydrogen-bond donors (Lipinski definition) is 21. The maximum absolute atomic E-state index is 14.9. The van der Waals surface area contributed by atoms with E-state index in [0.717, 1.165) is 0 Å². The zero-order chi connectivity index (χ0) is 80.0. The first-order chi connectivity index (χ1) is 50.5. The number of H-pyrrole nitrogens is 1. The lowest BCUT2D eigenvalue weighted by atomic mass is 9.96. The molecule has 12 atom stereocenters. The van der Waals surface area contributed by atoms with E-state index in [0.29, 0.717) is 41.3 Å². The van der Waals surface area contributed by atoms with Crippen LogP contribution in [0.4, 0.5) is 0 Å². The Morgan fingerprint density at radius 3 is 1.50 bits per heavy atom. The number of carboxylic acids is 2. The van der Waals surface area contributed by atoms with E-state index in [1.54, 1.807) is 102 Å². The van der Waals surface area contributed by atoms with E-state index < -0.39 is 187 Å². The van der Waals surface area contributed by atoms with Gasteiger partial charge in [-0.25, -0.2) is 0 Å². The number of carbonyl (C=O) groups excluding carboxylic acids is 12. The number of rotatable bonds is 49. The number of aliphatic carboxylic acids is 2. The number of nitrogens with two attached hydrogens (primary N) is 6. The fourth-order valence-corrected chi connectivity index (χ4v) is 10.9. The van der Waals surface area contributed by atoms with E-state index in [4.69, 9.17) is 39.5 Å². The topological polar surface area (TPSA) is 620 Å². The van der Waals surface area contributed by atoms with Gasteiger partial charge < -0.3 is 113 Å². The van der Waals surface area contributed by atoms with Crippen molar-refractivity contribution < 1.29 is 77.3 Å². The third-order valence-electron chi connectivity index (χ3n) is 17.1. The summed E-state index contributed by atoms with van der Waals surface area (Å²) in [5.41, 5.74) is 35.1. The van der Waals surface area contributed by atoms with Gasteiger partial charge in [0.25, 0.3) is 0 Å². The molecule has 1 aromatic heterocycles. The molecule has 0 aliphatic heterocycles. The molecule has 0 spiro atoms. The molecule has 0 unspecified atom stereocenters. The standard InChI is InChI=1S/C70H111N21O16/c1-9-39(6)57(91-66(105)51(32-42-19-11-10-12-20-42)89-63(102)49(26-27-54(93)94)85-62(101)48(23-15-16-28-71)84-58(97)40(7)72)68(107)82-41(8)59(98)87-52(33-43-34-79-45-22-14-13-21-44(43)45)64(103)88-50(31-37(2)3)65(104)90-56(38(4)5)67(106)86-47(25-18-30-78-70(75)76)61(100)80-35-53(92)83-46(24-17-29-77-69(73)74)60(99)81-36-55(95)96/h10-14,19-22,34,37-41,46-52,56-57,79H,9,15-18,23-33,35-36,71-72H2,1-8H3,(H,80,100)(H,81,99)(H,82,107)(H,83,92)(H,84,97)(H,85,101)(H,86,106)(H,87,98)(H,88,103)(H,89,102)(H,90,104)(H,91,105)(H,93,94)(H,95,96)(H4,73,74,77)(H4,75,76,78)/t39-,40-,41-,46-,47-,48-,49-,50-,51-,52-,56-,57-/m0/s1. The Kier molecular flexibility index (Phi) is 39.4. The molecule has 37 nitrogen and oxygen atoms in total. The Balaban J connectivity index is 1.95. The number of nitrogens with zero attached hydrogens (tertiary/aromatic N) is 2. The molecule has 107 heavy (non-hydrogen) atoms. The number of aliphatic imine (C=N–C) groups is 2. The second kappa shape index (κ2) is 46.8. The smallest absolute Gasteiger partial charge is 0.322 e. The number of unbranched alkanes of at least 4 members (excludes halogenated alkanes) is 1. The van der Waals surface area contributed by atoms with Gasteiger partial charge in [0.05, 0.1) is 12.6 Å². The Bertz CT molecular complexity index is 3540. The van der Waals surface area contributed by atoms with Gasteiger partial charge >= 0.3 is 11.9 Å². The maximum atomic E-state index is 14.9. The molecular weight excluding hydrogens is 1390 g/mol. The summed E-state index contributed by atoms with van der Waals surface area (Å²) in [6.45, 7) is 11.8. The van der Waals surface area contributed by atoms with Crippen LogP contribution in [0.15, 0.2) is 70.8 Å². The van der Waals surface area contributed by atoms with Crippen LogP contribution in [-0.4, -0.2) is 209 Å². The molecule has 27 N–H and O–H groups in total. The zero-order valence-electron chi connectivity index (χ0n) is 62.1. The second-order valence-electron chi connectivity index (χ2n) is 26.9. The summed E-state index contributed by atoms with van der Waals surface area (Å²) in [6.07, 6.45) is 1.70. The summed E-state index contributed by atoms with van der Waals surface area (Å²) in [4.78, 5) is 203. The van der Waals surface area contributed by atoms with Gasteiger partial charge in [0.2, 0.25) is 70.9 Å². The van der Waals surface area contributed by atoms with Crippen molar-refractivity contribution in [2.45, 2.75) is 205 Å². The van der Waals surface area contributed by atoms with Gasteiger partial charge in [-0.3, -0.25) is 77.1 Å². The molecule has 3 rings (SSSR count). The van der Waals surface area contributed by atoms with E-state index >= 15 is 0 Å². The Morgan fingerprint density at radius 2 is 0.935 bits per heavy atom. The second-order valence-corrected chi connectivity index (χ2v) is 26.9. The van der Waals surface area contributed by atoms with Crippen molar-refractivity contribution in [1.82, 2.24) is 68.8 Å². The SMILES string of the molecule is CC[C@H](C)[C@H](NC(=O)[C@H](Cc1ccccc1)NC(=O)[C@H](CCC(=O)O)NC(=O)[C@H](CCCCN)NC(=O)[C@H](C)N)C(=O)N[C@@H](C)C(=O)N[C@@H](Cc1c[nH]c2ccccc12)C(=O)N[C@@H](CC(C)C)C(=O)N[C@H](C(=O)N[C@@H](CCCN=C(N)N)C(=O)NCC(=O)N[C@@H](CCCN=C(N)N)C(=O)NCC(=O)O)C(C)C. The van der Waals surface area contributed by atoms with Crippen LogP contribution in [-0.2, 0) is 80.0 Å². The zero-order valence-corrected chi connectivity index (χ0v) is 62.1. The van der Waals surface area contributed by atoms with Gasteiger partial charge in [0.1, 0.15) is 67.0 Å². The number of para-hydroxylation sites is 1. The van der Waals surface area contributed by atoms with Crippen molar-refractivity contribution in [1.29, 1.82) is 0 Å².